The molecule has 0 saturated heterocycles. The zero-order valence-electron chi connectivity index (χ0n) is 24.4. The Labute approximate surface area is 271 Å². The average molecular weight is 669 g/mol. The molecule has 0 aliphatic rings. The summed E-state index contributed by atoms with van der Waals surface area (Å²) in [5.41, 5.74) is -0.307. The Balaban J connectivity index is 1.72. The zero-order valence-corrected chi connectivity index (χ0v) is 26.0. The van der Waals surface area contributed by atoms with Crippen molar-refractivity contribution in [2.45, 2.75) is 25.9 Å². The van der Waals surface area contributed by atoms with Gasteiger partial charge in [-0.15, -0.1) is 0 Å². The van der Waals surface area contributed by atoms with Gasteiger partial charge in [-0.3, -0.25) is 19.2 Å². The number of nitrogens with one attached hydrogen (secondary N) is 2. The second-order valence-corrected chi connectivity index (χ2v) is 11.4. The minimum Gasteiger partial charge on any atom is -0.507 e. The molecule has 0 radical (unpaired) electrons. The van der Waals surface area contributed by atoms with Crippen molar-refractivity contribution in [3.63, 3.8) is 0 Å². The fraction of sp³-hybridized carbons (Fsp3) is 0.194. The minimum atomic E-state index is -1.35. The number of carbonyl (C=O) groups is 7. The van der Waals surface area contributed by atoms with Gasteiger partial charge in [0.2, 0.25) is 22.0 Å². The quantitative estimate of drug-likeness (QED) is 0.153. The molecule has 0 saturated carbocycles. The van der Waals surface area contributed by atoms with Crippen LogP contribution < -0.4 is 20.1 Å². The van der Waals surface area contributed by atoms with Crippen molar-refractivity contribution in [3.8, 4) is 17.2 Å². The van der Waals surface area contributed by atoms with Crippen LogP contribution in [0.5, 0.6) is 17.2 Å². The molecule has 2 unspecified atom stereocenters. The van der Waals surface area contributed by atoms with Crippen molar-refractivity contribution in [3.05, 3.63) is 89.5 Å². The summed E-state index contributed by atoms with van der Waals surface area (Å²) >= 11 is 1.22. The second kappa shape index (κ2) is 16.8. The highest BCUT2D eigenvalue weighted by molar-refractivity contribution is 8.15. The van der Waals surface area contributed by atoms with E-state index in [1.807, 2.05) is 0 Å². The number of phenols is 1. The fourth-order valence-electron chi connectivity index (χ4n) is 3.74. The number of para-hydroxylation sites is 3. The molecule has 4 N–H and O–H groups in total. The van der Waals surface area contributed by atoms with E-state index >= 15 is 0 Å². The number of hydrogen-bond donors (Lipinski definition) is 4. The molecular formula is C31H28N2O11S2. The zero-order chi connectivity index (χ0) is 33.8. The third kappa shape index (κ3) is 10.2. The Kier molecular flexibility index (Phi) is 12.9. The normalized spacial score (nSPS) is 11.8. The van der Waals surface area contributed by atoms with Gasteiger partial charge in [0, 0.05) is 25.4 Å². The van der Waals surface area contributed by atoms with Crippen molar-refractivity contribution in [2.24, 2.45) is 0 Å². The molecule has 13 nitrogen and oxygen atoms in total. The van der Waals surface area contributed by atoms with Crippen molar-refractivity contribution < 1.29 is 53.2 Å². The lowest BCUT2D eigenvalue weighted by atomic mass is 10.2. The van der Waals surface area contributed by atoms with Gasteiger partial charge in [-0.2, -0.15) is 0 Å². The van der Waals surface area contributed by atoms with Gasteiger partial charge in [0.1, 0.15) is 40.5 Å². The maximum atomic E-state index is 13.2. The number of benzene rings is 3. The lowest BCUT2D eigenvalue weighted by Crippen LogP contribution is -2.44. The molecule has 46 heavy (non-hydrogen) atoms. The van der Waals surface area contributed by atoms with Crippen molar-refractivity contribution in [2.75, 3.05) is 11.5 Å². The number of esters is 2. The van der Waals surface area contributed by atoms with E-state index < -0.39 is 52.0 Å². The molecule has 0 spiro atoms. The highest BCUT2D eigenvalue weighted by Gasteiger charge is 2.27. The number of aliphatic carboxylic acids is 1. The van der Waals surface area contributed by atoms with E-state index in [1.54, 1.807) is 0 Å². The number of aromatic hydroxyl groups is 1. The van der Waals surface area contributed by atoms with Crippen LogP contribution in [0.4, 0.5) is 0 Å². The van der Waals surface area contributed by atoms with Gasteiger partial charge >= 0.3 is 17.9 Å². The number of phenolic OH excluding ortho intramolecular Hbond substituents is 1. The maximum absolute atomic E-state index is 13.2. The summed E-state index contributed by atoms with van der Waals surface area (Å²) in [6.07, 6.45) is 0. The molecule has 0 heterocycles. The van der Waals surface area contributed by atoms with E-state index in [4.69, 9.17) is 9.47 Å². The molecular weight excluding hydrogens is 640 g/mol. The number of thioether (sulfide) groups is 2. The summed E-state index contributed by atoms with van der Waals surface area (Å²) in [4.78, 5) is 86.2. The molecule has 2 atom stereocenters. The van der Waals surface area contributed by atoms with E-state index in [0.717, 1.165) is 6.92 Å². The molecule has 0 aliphatic carbocycles. The Morgan fingerprint density at radius 3 is 1.67 bits per heavy atom. The standard InChI is InChI=1S/C31H28N2O11S2/c1-17(34)32-22(27(37)38)15-46-31(42)23(33-18(2)35)16-45-30(41)21-11-5-8-14-26(21)44-29(40)20-10-4-7-13-25(20)43-28(39)19-9-3-6-12-24(19)36/h3-14,22-23,36H,15-16H2,1-2H3,(H,32,34)(H,33,35)(H,37,38). The first-order valence-corrected chi connectivity index (χ1v) is 15.4. The maximum Gasteiger partial charge on any atom is 0.347 e. The third-order valence-corrected chi connectivity index (χ3v) is 7.91. The van der Waals surface area contributed by atoms with E-state index in [-0.39, 0.29) is 45.4 Å². The first kappa shape index (κ1) is 35.3. The summed E-state index contributed by atoms with van der Waals surface area (Å²) in [6.45, 7) is 2.30. The summed E-state index contributed by atoms with van der Waals surface area (Å²) in [6, 6.07) is 14.7. The molecule has 240 valence electrons. The van der Waals surface area contributed by atoms with Gasteiger partial charge in [-0.05, 0) is 36.4 Å². The van der Waals surface area contributed by atoms with Gasteiger partial charge < -0.3 is 30.3 Å². The Bertz CT molecular complexity index is 1660. The van der Waals surface area contributed by atoms with Crippen molar-refractivity contribution in [1.82, 2.24) is 10.6 Å². The Morgan fingerprint density at radius 2 is 1.11 bits per heavy atom. The summed E-state index contributed by atoms with van der Waals surface area (Å²) < 4.78 is 10.8. The molecule has 0 aromatic heterocycles. The van der Waals surface area contributed by atoms with Crippen LogP contribution in [0.2, 0.25) is 0 Å². The predicted octanol–water partition coefficient (Wildman–Crippen LogP) is 3.06. The van der Waals surface area contributed by atoms with Crippen LogP contribution in [0.15, 0.2) is 72.8 Å². The molecule has 0 aliphatic heterocycles. The van der Waals surface area contributed by atoms with E-state index in [1.165, 1.54) is 79.7 Å². The molecule has 3 aromatic rings. The van der Waals surface area contributed by atoms with Crippen molar-refractivity contribution >= 4 is 63.5 Å². The lowest BCUT2D eigenvalue weighted by Gasteiger charge is -2.18. The average Bonchev–Trinajstić information content (AvgIpc) is 3.01. The number of ether oxygens (including phenoxy) is 2. The summed E-state index contributed by atoms with van der Waals surface area (Å²) in [5.74, 6) is -5.55. The Hall–Kier alpha value is -5.15. The first-order chi connectivity index (χ1) is 21.9. The fourth-order valence-corrected chi connectivity index (χ4v) is 5.62. The van der Waals surface area contributed by atoms with Crippen LogP contribution in [-0.4, -0.2) is 73.8 Å². The molecule has 15 heteroatoms. The number of amides is 2. The van der Waals surface area contributed by atoms with Gasteiger partial charge in [-0.1, -0.05) is 59.9 Å². The first-order valence-electron chi connectivity index (χ1n) is 13.4. The number of carboxylic acid groups (broad SMARTS) is 1. The minimum absolute atomic E-state index is 0.0391. The van der Waals surface area contributed by atoms with Crippen LogP contribution in [0.1, 0.15) is 44.9 Å². The SMILES string of the molecule is CC(=O)NC(CSC(=O)C(CSC(=O)c1ccccc1OC(=O)c1ccccc1OC(=O)c1ccccc1O)NC(C)=O)C(=O)O. The number of carbonyl (C=O) groups excluding carboxylic acids is 6. The topological polar surface area (TPSA) is 202 Å². The number of hydrogen-bond acceptors (Lipinski definition) is 12. The van der Waals surface area contributed by atoms with E-state index in [0.29, 0.717) is 23.5 Å². The Morgan fingerprint density at radius 1 is 0.652 bits per heavy atom. The molecule has 2 amide bonds. The van der Waals surface area contributed by atoms with Crippen LogP contribution >= 0.6 is 23.5 Å². The predicted molar refractivity (Wildman–Crippen MR) is 168 cm³/mol. The van der Waals surface area contributed by atoms with Crippen LogP contribution in [0, 0.1) is 0 Å². The third-order valence-electron chi connectivity index (χ3n) is 5.85. The van der Waals surface area contributed by atoms with E-state index in [9.17, 15) is 43.8 Å². The van der Waals surface area contributed by atoms with Crippen LogP contribution in [0.25, 0.3) is 0 Å². The molecule has 3 rings (SSSR count). The largest absolute Gasteiger partial charge is 0.507 e. The van der Waals surface area contributed by atoms with Crippen LogP contribution in [0.3, 0.4) is 0 Å². The van der Waals surface area contributed by atoms with Gasteiger partial charge in [0.15, 0.2) is 0 Å². The highest BCUT2D eigenvalue weighted by Crippen LogP contribution is 2.28. The lowest BCUT2D eigenvalue weighted by molar-refractivity contribution is -0.140. The van der Waals surface area contributed by atoms with Gasteiger partial charge in [-0.25, -0.2) is 14.4 Å². The summed E-state index contributed by atoms with van der Waals surface area (Å²) in [7, 11) is 0. The molecule has 3 aromatic carbocycles. The number of carboxylic acids is 1. The van der Waals surface area contributed by atoms with Crippen molar-refractivity contribution in [1.29, 1.82) is 0 Å². The van der Waals surface area contributed by atoms with E-state index in [2.05, 4.69) is 10.6 Å². The monoisotopic (exact) mass is 668 g/mol. The molecule has 0 bridgehead atoms. The second-order valence-electron chi connectivity index (χ2n) is 9.36. The van der Waals surface area contributed by atoms with Gasteiger partial charge in [0.25, 0.3) is 0 Å². The van der Waals surface area contributed by atoms with Gasteiger partial charge in [0.05, 0.1) is 5.56 Å². The number of rotatable bonds is 13. The summed E-state index contributed by atoms with van der Waals surface area (Å²) in [5, 5.41) is 22.6. The highest BCUT2D eigenvalue weighted by atomic mass is 32.2. The van der Waals surface area contributed by atoms with Crippen LogP contribution in [-0.2, 0) is 19.2 Å². The molecule has 0 fully saturated rings. The smallest absolute Gasteiger partial charge is 0.347 e.